The monoisotopic (exact) mass is 599 g/mol. The van der Waals surface area contributed by atoms with Gasteiger partial charge in [0, 0.05) is 68.4 Å². The smallest absolute Gasteiger partial charge is 0.409 e. The van der Waals surface area contributed by atoms with Crippen molar-refractivity contribution in [3.05, 3.63) is 60.2 Å². The zero-order valence-electron chi connectivity index (χ0n) is 25.9. The second kappa shape index (κ2) is 14.5. The molecule has 1 atom stereocenters. The van der Waals surface area contributed by atoms with Crippen LogP contribution in [0.1, 0.15) is 44.6 Å². The number of nitrogens with zero attached hydrogens (tertiary/aromatic N) is 4. The van der Waals surface area contributed by atoms with Crippen molar-refractivity contribution < 1.29 is 19.1 Å². The fraction of sp³-hybridized carbons (Fsp3) is 0.514. The zero-order chi connectivity index (χ0) is 30.3. The molecule has 1 aromatic heterocycles. The Hall–Kier alpha value is -3.53. The number of aromatic nitrogens is 1. The number of pyridine rings is 1. The van der Waals surface area contributed by atoms with Gasteiger partial charge in [0.25, 0.3) is 0 Å². The topological polar surface area (TPSA) is 87.2 Å². The van der Waals surface area contributed by atoms with E-state index in [-0.39, 0.29) is 11.9 Å². The van der Waals surface area contributed by atoms with Crippen molar-refractivity contribution in [2.24, 2.45) is 5.92 Å². The van der Waals surface area contributed by atoms with Crippen molar-refractivity contribution in [3.8, 4) is 17.0 Å². The lowest BCUT2D eigenvalue weighted by molar-refractivity contribution is -0.136. The average molecular weight is 600 g/mol. The number of hydrogen-bond acceptors (Lipinski definition) is 7. The molecule has 234 valence electrons. The van der Waals surface area contributed by atoms with Crippen LogP contribution in [0.4, 0.5) is 4.79 Å². The van der Waals surface area contributed by atoms with E-state index < -0.39 is 6.09 Å². The van der Waals surface area contributed by atoms with E-state index >= 15 is 0 Å². The molecule has 0 spiro atoms. The van der Waals surface area contributed by atoms with Crippen molar-refractivity contribution in [2.45, 2.75) is 51.6 Å². The van der Waals surface area contributed by atoms with Gasteiger partial charge in [-0.15, -0.1) is 0 Å². The van der Waals surface area contributed by atoms with Crippen LogP contribution in [0.5, 0.6) is 5.75 Å². The molecule has 9 heteroatoms. The Morgan fingerprint density at radius 2 is 1.70 bits per heavy atom. The van der Waals surface area contributed by atoms with E-state index in [1.54, 1.807) is 0 Å². The summed E-state index contributed by atoms with van der Waals surface area (Å²) in [6.07, 6.45) is 5.52. The molecule has 2 amide bonds. The second-order valence-electron chi connectivity index (χ2n) is 12.4. The van der Waals surface area contributed by atoms with Gasteiger partial charge in [0.2, 0.25) is 5.91 Å². The number of hydrogen-bond donors (Lipinski definition) is 1. The van der Waals surface area contributed by atoms with E-state index in [1.165, 1.54) is 19.3 Å². The summed E-state index contributed by atoms with van der Waals surface area (Å²) in [5.41, 5.74) is 3.31. The average Bonchev–Trinajstić information content (AvgIpc) is 3.06. The lowest BCUT2D eigenvalue weighted by Crippen LogP contribution is -2.52. The number of para-hydroxylation sites is 1. The van der Waals surface area contributed by atoms with Gasteiger partial charge in [0.1, 0.15) is 5.75 Å². The maximum atomic E-state index is 13.5. The Bertz CT molecular complexity index is 1420. The minimum absolute atomic E-state index is 0.0381. The van der Waals surface area contributed by atoms with E-state index in [4.69, 9.17) is 14.5 Å². The minimum Gasteiger partial charge on any atom is -0.409 e. The van der Waals surface area contributed by atoms with Crippen LogP contribution in [-0.4, -0.2) is 96.8 Å². The Labute approximate surface area is 260 Å². The van der Waals surface area contributed by atoms with E-state index in [0.29, 0.717) is 31.3 Å². The molecule has 1 saturated carbocycles. The molecular formula is C35H45N5O4. The van der Waals surface area contributed by atoms with Gasteiger partial charge in [-0.25, -0.2) is 9.78 Å². The van der Waals surface area contributed by atoms with E-state index in [0.717, 1.165) is 86.5 Å². The molecule has 0 unspecified atom stereocenters. The molecular weight excluding hydrogens is 554 g/mol. The van der Waals surface area contributed by atoms with Crippen LogP contribution in [-0.2, 0) is 16.1 Å². The summed E-state index contributed by atoms with van der Waals surface area (Å²) in [6.45, 7) is 9.20. The van der Waals surface area contributed by atoms with Gasteiger partial charge in [-0.1, -0.05) is 61.7 Å². The van der Waals surface area contributed by atoms with Crippen molar-refractivity contribution in [2.75, 3.05) is 59.0 Å². The molecule has 3 aliphatic rings. The molecule has 3 aromatic rings. The maximum absolute atomic E-state index is 13.5. The van der Waals surface area contributed by atoms with E-state index in [9.17, 15) is 9.59 Å². The third-order valence-corrected chi connectivity index (χ3v) is 9.45. The molecule has 3 heterocycles. The molecule has 1 aliphatic carbocycles. The van der Waals surface area contributed by atoms with E-state index in [2.05, 4.69) is 22.0 Å². The van der Waals surface area contributed by atoms with Crippen LogP contribution in [0.2, 0.25) is 0 Å². The van der Waals surface area contributed by atoms with Crippen LogP contribution >= 0.6 is 0 Å². The fourth-order valence-corrected chi connectivity index (χ4v) is 6.82. The third-order valence-electron chi connectivity index (χ3n) is 9.45. The lowest BCUT2D eigenvalue weighted by atomic mass is 9.85. The molecule has 3 fully saturated rings. The number of benzene rings is 2. The standard InChI is InChI=1S/C35H45N5O4/c1-26(27-10-4-2-5-11-27)36-35(42)44-34-29-14-8-9-15-31(29)37-33(28-12-6-3-7-13-28)30(34)24-39-17-19-40(32(41)25-39)18-16-38-20-22-43-23-21-38/h3,6-9,12-15,26-27H,2,4-5,10-11,16-25H2,1H3,(H,36,42)/t26-/m0/s1. The Morgan fingerprint density at radius 1 is 0.955 bits per heavy atom. The van der Waals surface area contributed by atoms with Gasteiger partial charge >= 0.3 is 6.09 Å². The van der Waals surface area contributed by atoms with Crippen LogP contribution in [0.3, 0.4) is 0 Å². The first-order valence-corrected chi connectivity index (χ1v) is 16.3. The molecule has 2 saturated heterocycles. The largest absolute Gasteiger partial charge is 0.412 e. The molecule has 9 nitrogen and oxygen atoms in total. The number of carbonyl (C=O) groups is 2. The van der Waals surface area contributed by atoms with Crippen LogP contribution in [0, 0.1) is 5.92 Å². The zero-order valence-corrected chi connectivity index (χ0v) is 25.9. The minimum atomic E-state index is -0.441. The van der Waals surface area contributed by atoms with Crippen molar-refractivity contribution >= 4 is 22.9 Å². The SMILES string of the molecule is C[C@H](NC(=O)Oc1c(CN2CCN(CCN3CCOCC3)C(=O)C2)c(-c2ccccc2)nc2ccccc12)C1CCCCC1. The Kier molecular flexibility index (Phi) is 10.0. The fourth-order valence-electron chi connectivity index (χ4n) is 6.82. The first-order valence-electron chi connectivity index (χ1n) is 16.3. The molecule has 0 radical (unpaired) electrons. The molecule has 1 N–H and O–H groups in total. The summed E-state index contributed by atoms with van der Waals surface area (Å²) in [4.78, 5) is 38.3. The Morgan fingerprint density at radius 3 is 2.48 bits per heavy atom. The summed E-state index contributed by atoms with van der Waals surface area (Å²) >= 11 is 0. The van der Waals surface area contributed by atoms with E-state index in [1.807, 2.05) is 59.5 Å². The highest BCUT2D eigenvalue weighted by atomic mass is 16.6. The highest BCUT2D eigenvalue weighted by Gasteiger charge is 2.29. The van der Waals surface area contributed by atoms with Crippen molar-refractivity contribution in [3.63, 3.8) is 0 Å². The number of rotatable bonds is 9. The van der Waals surface area contributed by atoms with Crippen LogP contribution in [0.15, 0.2) is 54.6 Å². The predicted octanol–water partition coefficient (Wildman–Crippen LogP) is 4.94. The maximum Gasteiger partial charge on any atom is 0.412 e. The van der Waals surface area contributed by atoms with Gasteiger partial charge in [-0.05, 0) is 37.8 Å². The summed E-state index contributed by atoms with van der Waals surface area (Å²) in [5.74, 6) is 1.11. The normalized spacial score (nSPS) is 19.7. The number of piperazine rings is 1. The van der Waals surface area contributed by atoms with Crippen LogP contribution in [0.25, 0.3) is 22.2 Å². The summed E-state index contributed by atoms with van der Waals surface area (Å²) in [6, 6.07) is 17.9. The predicted molar refractivity (Wildman–Crippen MR) is 171 cm³/mol. The summed E-state index contributed by atoms with van der Waals surface area (Å²) in [5, 5.41) is 3.93. The Balaban J connectivity index is 1.25. The molecule has 6 rings (SSSR count). The van der Waals surface area contributed by atoms with Crippen molar-refractivity contribution in [1.29, 1.82) is 0 Å². The number of morpholine rings is 1. The van der Waals surface area contributed by atoms with Gasteiger partial charge in [0.05, 0.1) is 31.0 Å². The first kappa shape index (κ1) is 30.5. The molecule has 0 bridgehead atoms. The highest BCUT2D eigenvalue weighted by Crippen LogP contribution is 2.37. The number of ether oxygens (including phenoxy) is 2. The third kappa shape index (κ3) is 7.39. The van der Waals surface area contributed by atoms with Crippen LogP contribution < -0.4 is 10.1 Å². The molecule has 44 heavy (non-hydrogen) atoms. The van der Waals surface area contributed by atoms with Crippen molar-refractivity contribution in [1.82, 2.24) is 25.0 Å². The lowest BCUT2D eigenvalue weighted by Gasteiger charge is -2.36. The number of fused-ring (bicyclic) bond motifs is 1. The second-order valence-corrected chi connectivity index (χ2v) is 12.4. The number of nitrogens with one attached hydrogen (secondary N) is 1. The summed E-state index contributed by atoms with van der Waals surface area (Å²) < 4.78 is 11.7. The van der Waals surface area contributed by atoms with Gasteiger partial charge in [-0.3, -0.25) is 14.6 Å². The highest BCUT2D eigenvalue weighted by molar-refractivity contribution is 5.92. The molecule has 2 aliphatic heterocycles. The summed E-state index contributed by atoms with van der Waals surface area (Å²) in [7, 11) is 0. The van der Waals surface area contributed by atoms with Gasteiger partial charge in [-0.2, -0.15) is 0 Å². The van der Waals surface area contributed by atoms with Gasteiger partial charge in [0.15, 0.2) is 0 Å². The quantitative estimate of drug-likeness (QED) is 0.373. The number of amides is 2. The van der Waals surface area contributed by atoms with Gasteiger partial charge < -0.3 is 19.7 Å². The first-order chi connectivity index (χ1) is 21.5. The molecule has 2 aromatic carbocycles. The number of carbonyl (C=O) groups excluding carboxylic acids is 2.